The van der Waals surface area contributed by atoms with Gasteiger partial charge >= 0.3 is 0 Å². The molecule has 0 unspecified atom stereocenters. The molecule has 0 saturated carbocycles. The van der Waals surface area contributed by atoms with Crippen molar-refractivity contribution in [3.63, 3.8) is 0 Å². The first-order chi connectivity index (χ1) is 8.84. The summed E-state index contributed by atoms with van der Waals surface area (Å²) in [6.07, 6.45) is 8.15. The van der Waals surface area contributed by atoms with Gasteiger partial charge in [-0.3, -0.25) is 9.97 Å². The zero-order chi connectivity index (χ0) is 12.4. The van der Waals surface area contributed by atoms with Gasteiger partial charge in [0.25, 0.3) is 0 Å². The summed E-state index contributed by atoms with van der Waals surface area (Å²) in [5.74, 6) is 0. The molecule has 1 N–H and O–H groups in total. The molecule has 0 atom stereocenters. The largest absolute Gasteiger partial charge is 0.329 e. The summed E-state index contributed by atoms with van der Waals surface area (Å²) < 4.78 is 2.85. The van der Waals surface area contributed by atoms with E-state index in [2.05, 4.69) is 19.5 Å². The van der Waals surface area contributed by atoms with Crippen LogP contribution in [0.2, 0.25) is 0 Å². The molecule has 90 valence electrons. The molecule has 0 spiro atoms. The quantitative estimate of drug-likeness (QED) is 0.733. The normalized spacial score (nSPS) is 10.9. The highest BCUT2D eigenvalue weighted by Gasteiger charge is 2.03. The molecule has 4 nitrogen and oxygen atoms in total. The van der Waals surface area contributed by atoms with E-state index in [1.165, 1.54) is 5.56 Å². The molecule has 0 aromatic carbocycles. The number of imidazole rings is 1. The van der Waals surface area contributed by atoms with Crippen LogP contribution in [0.5, 0.6) is 0 Å². The molecule has 0 aliphatic carbocycles. The van der Waals surface area contributed by atoms with Gasteiger partial charge in [-0.05, 0) is 42.4 Å². The number of hydrogen-bond donors (Lipinski definition) is 1. The lowest BCUT2D eigenvalue weighted by Crippen LogP contribution is -2.01. The monoisotopic (exact) mass is 256 g/mol. The number of H-pyrrole nitrogens is 1. The second kappa shape index (κ2) is 4.70. The fraction of sp³-hybridized carbons (Fsp3) is 0.154. The Kier molecular flexibility index (Phi) is 2.90. The Morgan fingerprint density at radius 3 is 2.72 bits per heavy atom. The third kappa shape index (κ3) is 2.04. The van der Waals surface area contributed by atoms with Gasteiger partial charge in [0.15, 0.2) is 4.77 Å². The van der Waals surface area contributed by atoms with Gasteiger partial charge in [0.05, 0.1) is 17.2 Å². The zero-order valence-electron chi connectivity index (χ0n) is 9.71. The summed E-state index contributed by atoms with van der Waals surface area (Å²) in [4.78, 5) is 11.3. The molecule has 0 saturated heterocycles. The highest BCUT2D eigenvalue weighted by Crippen LogP contribution is 2.13. The topological polar surface area (TPSA) is 46.5 Å². The van der Waals surface area contributed by atoms with Crippen LogP contribution in [-0.2, 0) is 13.0 Å². The Balaban J connectivity index is 1.91. The minimum absolute atomic E-state index is 0.743. The Morgan fingerprint density at radius 1 is 1.11 bits per heavy atom. The molecular weight excluding hydrogens is 244 g/mol. The highest BCUT2D eigenvalue weighted by atomic mass is 32.1. The number of rotatable bonds is 3. The second-order valence-electron chi connectivity index (χ2n) is 4.08. The van der Waals surface area contributed by atoms with Crippen LogP contribution < -0.4 is 0 Å². The maximum Gasteiger partial charge on any atom is 0.178 e. The maximum absolute atomic E-state index is 5.34. The lowest BCUT2D eigenvalue weighted by Gasteiger charge is -2.04. The fourth-order valence-electron chi connectivity index (χ4n) is 2.02. The van der Waals surface area contributed by atoms with E-state index in [9.17, 15) is 0 Å². The van der Waals surface area contributed by atoms with E-state index in [1.54, 1.807) is 12.4 Å². The van der Waals surface area contributed by atoms with Crippen LogP contribution in [0.3, 0.4) is 0 Å². The van der Waals surface area contributed by atoms with E-state index >= 15 is 0 Å². The molecule has 0 amide bonds. The first kappa shape index (κ1) is 11.1. The molecule has 3 aromatic rings. The first-order valence-corrected chi connectivity index (χ1v) is 6.17. The van der Waals surface area contributed by atoms with E-state index in [0.29, 0.717) is 0 Å². The van der Waals surface area contributed by atoms with Gasteiger partial charge in [-0.1, -0.05) is 0 Å². The lowest BCUT2D eigenvalue weighted by atomic mass is 10.2. The molecule has 5 heteroatoms. The molecule has 0 aliphatic heterocycles. The molecule has 0 bridgehead atoms. The molecule has 3 rings (SSSR count). The predicted molar refractivity (Wildman–Crippen MR) is 72.9 cm³/mol. The van der Waals surface area contributed by atoms with Crippen molar-refractivity contribution in [2.75, 3.05) is 0 Å². The number of nitrogens with zero attached hydrogens (tertiary/aromatic N) is 3. The van der Waals surface area contributed by atoms with Crippen LogP contribution in [0.4, 0.5) is 0 Å². The zero-order valence-corrected chi connectivity index (χ0v) is 10.5. The maximum atomic E-state index is 5.34. The minimum Gasteiger partial charge on any atom is -0.329 e. The number of aromatic nitrogens is 4. The highest BCUT2D eigenvalue weighted by molar-refractivity contribution is 7.71. The van der Waals surface area contributed by atoms with Crippen LogP contribution >= 0.6 is 12.2 Å². The van der Waals surface area contributed by atoms with Crippen LogP contribution in [-0.4, -0.2) is 19.5 Å². The van der Waals surface area contributed by atoms with E-state index in [1.807, 2.05) is 30.6 Å². The average Bonchev–Trinajstić information content (AvgIpc) is 2.73. The molecule has 0 radical (unpaired) electrons. The van der Waals surface area contributed by atoms with Crippen molar-refractivity contribution in [1.29, 1.82) is 0 Å². The van der Waals surface area contributed by atoms with Crippen molar-refractivity contribution in [3.8, 4) is 0 Å². The van der Waals surface area contributed by atoms with E-state index in [-0.39, 0.29) is 0 Å². The summed E-state index contributed by atoms with van der Waals surface area (Å²) in [6, 6.07) is 6.04. The van der Waals surface area contributed by atoms with E-state index in [0.717, 1.165) is 28.8 Å². The van der Waals surface area contributed by atoms with Gasteiger partial charge in [0.1, 0.15) is 0 Å². The van der Waals surface area contributed by atoms with Crippen LogP contribution in [0.25, 0.3) is 11.0 Å². The summed E-state index contributed by atoms with van der Waals surface area (Å²) in [7, 11) is 0. The van der Waals surface area contributed by atoms with Gasteiger partial charge < -0.3 is 9.55 Å². The Bertz CT molecular complexity index is 714. The smallest absolute Gasteiger partial charge is 0.178 e. The van der Waals surface area contributed by atoms with Gasteiger partial charge in [-0.25, -0.2) is 0 Å². The van der Waals surface area contributed by atoms with Crippen molar-refractivity contribution >= 4 is 23.3 Å². The summed E-state index contributed by atoms with van der Waals surface area (Å²) >= 11 is 5.34. The summed E-state index contributed by atoms with van der Waals surface area (Å²) in [6.45, 7) is 0.854. The standard InChI is InChI=1S/C13H12N4S/c18-13-16-11-9-15-7-3-12(11)17(13)8-4-10-1-5-14-6-2-10/h1-3,5-7,9H,4,8H2,(H,16,18). The molecule has 0 aliphatic rings. The van der Waals surface area contributed by atoms with Crippen LogP contribution in [0.15, 0.2) is 43.0 Å². The number of nitrogens with one attached hydrogen (secondary N) is 1. The number of aryl methyl sites for hydroxylation is 2. The summed E-state index contributed by atoms with van der Waals surface area (Å²) in [5, 5.41) is 0. The molecule has 3 aromatic heterocycles. The van der Waals surface area contributed by atoms with Gasteiger partial charge in [0, 0.05) is 25.1 Å². The predicted octanol–water partition coefficient (Wildman–Crippen LogP) is 2.73. The van der Waals surface area contributed by atoms with Gasteiger partial charge in [-0.2, -0.15) is 0 Å². The number of pyridine rings is 2. The van der Waals surface area contributed by atoms with Crippen molar-refractivity contribution in [1.82, 2.24) is 19.5 Å². The van der Waals surface area contributed by atoms with Gasteiger partial charge in [0.2, 0.25) is 0 Å². The van der Waals surface area contributed by atoms with Gasteiger partial charge in [-0.15, -0.1) is 0 Å². The molecule has 18 heavy (non-hydrogen) atoms. The fourth-order valence-corrected chi connectivity index (χ4v) is 2.32. The molecular formula is C13H12N4S. The Hall–Kier alpha value is -2.01. The van der Waals surface area contributed by atoms with Crippen LogP contribution in [0, 0.1) is 4.77 Å². The second-order valence-corrected chi connectivity index (χ2v) is 4.47. The van der Waals surface area contributed by atoms with Crippen molar-refractivity contribution in [2.24, 2.45) is 0 Å². The van der Waals surface area contributed by atoms with E-state index in [4.69, 9.17) is 12.2 Å². The Labute approximate surface area is 109 Å². The number of aromatic amines is 1. The third-order valence-electron chi connectivity index (χ3n) is 2.95. The number of hydrogen-bond acceptors (Lipinski definition) is 3. The summed E-state index contributed by atoms with van der Waals surface area (Å²) in [5.41, 5.74) is 3.34. The first-order valence-electron chi connectivity index (χ1n) is 5.76. The van der Waals surface area contributed by atoms with Crippen molar-refractivity contribution in [3.05, 3.63) is 53.3 Å². The Morgan fingerprint density at radius 2 is 1.89 bits per heavy atom. The van der Waals surface area contributed by atoms with Crippen LogP contribution in [0.1, 0.15) is 5.56 Å². The minimum atomic E-state index is 0.743. The van der Waals surface area contributed by atoms with Crippen molar-refractivity contribution < 1.29 is 0 Å². The average molecular weight is 256 g/mol. The van der Waals surface area contributed by atoms with E-state index < -0.39 is 0 Å². The SMILES string of the molecule is S=c1[nH]c2cnccc2n1CCc1ccncc1. The number of fused-ring (bicyclic) bond motifs is 1. The van der Waals surface area contributed by atoms with Crippen molar-refractivity contribution in [2.45, 2.75) is 13.0 Å². The third-order valence-corrected chi connectivity index (χ3v) is 3.27. The molecule has 3 heterocycles. The molecule has 0 fully saturated rings. The lowest BCUT2D eigenvalue weighted by molar-refractivity contribution is 0.706.